The highest BCUT2D eigenvalue weighted by atomic mass is 79.9. The fourth-order valence-corrected chi connectivity index (χ4v) is 1.70. The molecule has 0 saturated heterocycles. The average molecular weight is 257 g/mol. The minimum Gasteiger partial charge on any atom is -0.368 e. The van der Waals surface area contributed by atoms with E-state index in [0.29, 0.717) is 6.42 Å². The number of nitrogens with two attached hydrogens (primary N) is 2. The van der Waals surface area contributed by atoms with Crippen molar-refractivity contribution in [2.45, 2.75) is 19.4 Å². The average Bonchev–Trinajstić information content (AvgIpc) is 2.09. The van der Waals surface area contributed by atoms with Crippen LogP contribution >= 0.6 is 15.9 Å². The number of halogens is 1. The zero-order chi connectivity index (χ0) is 10.7. The highest BCUT2D eigenvalue weighted by Crippen LogP contribution is 2.16. The van der Waals surface area contributed by atoms with Crippen LogP contribution in [0.5, 0.6) is 0 Å². The number of hydrogen-bond donors (Lipinski definition) is 2. The van der Waals surface area contributed by atoms with Crippen molar-refractivity contribution in [2.24, 2.45) is 11.5 Å². The van der Waals surface area contributed by atoms with Crippen LogP contribution in [0.2, 0.25) is 0 Å². The number of amides is 1. The van der Waals surface area contributed by atoms with Gasteiger partial charge in [0.25, 0.3) is 0 Å². The van der Waals surface area contributed by atoms with Gasteiger partial charge in [0.1, 0.15) is 0 Å². The molecular formula is C10H13BrN2O. The maximum absolute atomic E-state index is 10.8. The third-order valence-corrected chi connectivity index (χ3v) is 2.60. The molecule has 0 saturated carbocycles. The van der Waals surface area contributed by atoms with Crippen LogP contribution in [-0.2, 0) is 11.2 Å². The second kappa shape index (κ2) is 4.57. The molecule has 1 rings (SSSR count). The van der Waals surface area contributed by atoms with E-state index >= 15 is 0 Å². The van der Waals surface area contributed by atoms with Crippen LogP contribution in [0.25, 0.3) is 0 Å². The molecule has 0 spiro atoms. The van der Waals surface area contributed by atoms with Gasteiger partial charge in [-0.3, -0.25) is 4.79 Å². The summed E-state index contributed by atoms with van der Waals surface area (Å²) in [6, 6.07) is 5.26. The molecular weight excluding hydrogens is 244 g/mol. The summed E-state index contributed by atoms with van der Waals surface area (Å²) in [5.74, 6) is -0.465. The SMILES string of the molecule is Cc1cc(Br)ccc1C[C@H](N)C(N)=O. The van der Waals surface area contributed by atoms with E-state index in [0.717, 1.165) is 15.6 Å². The predicted octanol–water partition coefficient (Wildman–Crippen LogP) is 1.11. The van der Waals surface area contributed by atoms with Crippen molar-refractivity contribution in [1.82, 2.24) is 0 Å². The lowest BCUT2D eigenvalue weighted by Gasteiger charge is -2.10. The van der Waals surface area contributed by atoms with Crippen LogP contribution in [-0.4, -0.2) is 11.9 Å². The van der Waals surface area contributed by atoms with Crippen molar-refractivity contribution < 1.29 is 4.79 Å². The van der Waals surface area contributed by atoms with Gasteiger partial charge in [0.2, 0.25) is 5.91 Å². The van der Waals surface area contributed by atoms with Gasteiger partial charge in [-0.15, -0.1) is 0 Å². The van der Waals surface area contributed by atoms with Crippen molar-refractivity contribution in [3.05, 3.63) is 33.8 Å². The molecule has 0 fully saturated rings. The quantitative estimate of drug-likeness (QED) is 0.851. The number of hydrogen-bond acceptors (Lipinski definition) is 2. The topological polar surface area (TPSA) is 69.1 Å². The van der Waals surface area contributed by atoms with Crippen LogP contribution in [0.4, 0.5) is 0 Å². The molecule has 0 aromatic heterocycles. The largest absolute Gasteiger partial charge is 0.368 e. The summed E-state index contributed by atoms with van der Waals surface area (Å²) in [5, 5.41) is 0. The first-order valence-corrected chi connectivity index (χ1v) is 5.10. The first kappa shape index (κ1) is 11.2. The minimum atomic E-state index is -0.602. The normalized spacial score (nSPS) is 12.5. The number of aryl methyl sites for hydroxylation is 1. The molecule has 0 bridgehead atoms. The summed E-state index contributed by atoms with van der Waals surface area (Å²) in [6.45, 7) is 1.98. The second-order valence-corrected chi connectivity index (χ2v) is 4.20. The maximum Gasteiger partial charge on any atom is 0.234 e. The van der Waals surface area contributed by atoms with Crippen LogP contribution in [0.3, 0.4) is 0 Å². The lowest BCUT2D eigenvalue weighted by molar-refractivity contribution is -0.119. The zero-order valence-electron chi connectivity index (χ0n) is 7.96. The van der Waals surface area contributed by atoms with Gasteiger partial charge in [0.15, 0.2) is 0 Å². The van der Waals surface area contributed by atoms with Gasteiger partial charge in [0, 0.05) is 4.47 Å². The van der Waals surface area contributed by atoms with E-state index in [2.05, 4.69) is 15.9 Å². The van der Waals surface area contributed by atoms with E-state index in [1.54, 1.807) is 0 Å². The molecule has 0 radical (unpaired) electrons. The molecule has 1 aromatic rings. The first-order chi connectivity index (χ1) is 6.50. The van der Waals surface area contributed by atoms with Crippen LogP contribution in [0, 0.1) is 6.92 Å². The molecule has 14 heavy (non-hydrogen) atoms. The number of carbonyl (C=O) groups is 1. The molecule has 0 aliphatic rings. The van der Waals surface area contributed by atoms with Crippen molar-refractivity contribution in [3.8, 4) is 0 Å². The molecule has 1 aromatic carbocycles. The summed E-state index contributed by atoms with van der Waals surface area (Å²) in [6.07, 6.45) is 0.494. The molecule has 0 unspecified atom stereocenters. The van der Waals surface area contributed by atoms with Crippen molar-refractivity contribution in [2.75, 3.05) is 0 Å². The number of benzene rings is 1. The Bertz CT molecular complexity index is 352. The Balaban J connectivity index is 2.82. The van der Waals surface area contributed by atoms with Gasteiger partial charge in [0.05, 0.1) is 6.04 Å². The fraction of sp³-hybridized carbons (Fsp3) is 0.300. The molecule has 4 N–H and O–H groups in total. The summed E-state index contributed by atoms with van der Waals surface area (Å²) in [4.78, 5) is 10.8. The molecule has 0 heterocycles. The number of carbonyl (C=O) groups excluding carboxylic acids is 1. The Morgan fingerprint density at radius 2 is 2.21 bits per heavy atom. The highest BCUT2D eigenvalue weighted by molar-refractivity contribution is 9.10. The van der Waals surface area contributed by atoms with Crippen molar-refractivity contribution in [1.29, 1.82) is 0 Å². The first-order valence-electron chi connectivity index (χ1n) is 4.30. The summed E-state index contributed by atoms with van der Waals surface area (Å²) in [5.41, 5.74) is 12.8. The lowest BCUT2D eigenvalue weighted by atomic mass is 10.0. The van der Waals surface area contributed by atoms with Gasteiger partial charge in [-0.25, -0.2) is 0 Å². The Labute approximate surface area is 91.6 Å². The van der Waals surface area contributed by atoms with Gasteiger partial charge < -0.3 is 11.5 Å². The molecule has 3 nitrogen and oxygen atoms in total. The molecule has 4 heteroatoms. The molecule has 0 aliphatic heterocycles. The summed E-state index contributed by atoms with van der Waals surface area (Å²) >= 11 is 3.37. The van der Waals surface area contributed by atoms with Gasteiger partial charge in [-0.05, 0) is 36.6 Å². The highest BCUT2D eigenvalue weighted by Gasteiger charge is 2.11. The van der Waals surface area contributed by atoms with Crippen LogP contribution in [0.15, 0.2) is 22.7 Å². The second-order valence-electron chi connectivity index (χ2n) is 3.28. The Morgan fingerprint density at radius 3 is 2.71 bits per heavy atom. The molecule has 76 valence electrons. The van der Waals surface area contributed by atoms with E-state index in [1.165, 1.54) is 0 Å². The summed E-state index contributed by atoms with van der Waals surface area (Å²) in [7, 11) is 0. The Kier molecular flexibility index (Phi) is 3.66. The zero-order valence-corrected chi connectivity index (χ0v) is 9.54. The Hall–Kier alpha value is -0.870. The molecule has 1 amide bonds. The van der Waals surface area contributed by atoms with Gasteiger partial charge in [-0.2, -0.15) is 0 Å². The lowest BCUT2D eigenvalue weighted by Crippen LogP contribution is -2.38. The standard InChI is InChI=1S/C10H13BrN2O/c1-6-4-8(11)3-2-7(6)5-9(12)10(13)14/h2-4,9H,5,12H2,1H3,(H2,13,14)/t9-/m0/s1. The fourth-order valence-electron chi connectivity index (χ4n) is 1.23. The van der Waals surface area contributed by atoms with Crippen LogP contribution in [0.1, 0.15) is 11.1 Å². The van der Waals surface area contributed by atoms with E-state index < -0.39 is 11.9 Å². The van der Waals surface area contributed by atoms with E-state index in [9.17, 15) is 4.79 Å². The van der Waals surface area contributed by atoms with Crippen LogP contribution < -0.4 is 11.5 Å². The van der Waals surface area contributed by atoms with E-state index in [-0.39, 0.29) is 0 Å². The predicted molar refractivity (Wildman–Crippen MR) is 59.8 cm³/mol. The minimum absolute atomic E-state index is 0.465. The Morgan fingerprint density at radius 1 is 1.57 bits per heavy atom. The van der Waals surface area contributed by atoms with Crippen molar-refractivity contribution in [3.63, 3.8) is 0 Å². The number of rotatable bonds is 3. The third-order valence-electron chi connectivity index (χ3n) is 2.11. The molecule has 0 aliphatic carbocycles. The van der Waals surface area contributed by atoms with Crippen molar-refractivity contribution >= 4 is 21.8 Å². The van der Waals surface area contributed by atoms with Gasteiger partial charge >= 0.3 is 0 Å². The monoisotopic (exact) mass is 256 g/mol. The maximum atomic E-state index is 10.8. The summed E-state index contributed by atoms with van der Waals surface area (Å²) < 4.78 is 1.02. The molecule has 1 atom stereocenters. The van der Waals surface area contributed by atoms with Gasteiger partial charge in [-0.1, -0.05) is 22.0 Å². The van der Waals surface area contributed by atoms with E-state index in [1.807, 2.05) is 25.1 Å². The van der Waals surface area contributed by atoms with E-state index in [4.69, 9.17) is 11.5 Å². The number of primary amides is 1. The smallest absolute Gasteiger partial charge is 0.234 e. The third kappa shape index (κ3) is 2.82.